The second kappa shape index (κ2) is 39.4. The number of esters is 1. The van der Waals surface area contributed by atoms with Gasteiger partial charge in [-0.05, 0) is 133 Å². The minimum atomic E-state index is -0.517. The lowest BCUT2D eigenvalue weighted by molar-refractivity contribution is -0.119. The van der Waals surface area contributed by atoms with E-state index in [0.29, 0.717) is 46.6 Å². The molecule has 91 heavy (non-hydrogen) atoms. The van der Waals surface area contributed by atoms with E-state index >= 15 is 0 Å². The van der Waals surface area contributed by atoms with E-state index in [1.54, 1.807) is 51.2 Å². The van der Waals surface area contributed by atoms with Crippen molar-refractivity contribution in [1.29, 1.82) is 0 Å². The van der Waals surface area contributed by atoms with Crippen molar-refractivity contribution >= 4 is 87.9 Å². The molecule has 23 heteroatoms. The van der Waals surface area contributed by atoms with E-state index in [-0.39, 0.29) is 82.3 Å². The molecule has 0 unspecified atom stereocenters. The number of anilines is 6. The minimum Gasteiger partial charge on any atom is -0.490 e. The normalized spacial score (nSPS) is 11.2. The van der Waals surface area contributed by atoms with E-state index in [2.05, 4.69) is 84.5 Å². The number of pyridine rings is 5. The summed E-state index contributed by atoms with van der Waals surface area (Å²) in [5, 5.41) is 17.0. The van der Waals surface area contributed by atoms with Crippen LogP contribution in [-0.2, 0) is 39.9 Å². The Kier molecular flexibility index (Phi) is 33.9. The van der Waals surface area contributed by atoms with Crippen LogP contribution in [0.1, 0.15) is 171 Å². The number of nitrogens with one attached hydrogen (secondary N) is 6. The molecule has 6 heterocycles. The van der Waals surface area contributed by atoms with E-state index in [0.717, 1.165) is 52.0 Å². The Bertz CT molecular complexity index is 3390. The largest absolute Gasteiger partial charge is 0.490 e. The number of rotatable bonds is 17. The molecule has 0 radical (unpaired) electrons. The Morgan fingerprint density at radius 3 is 1.30 bits per heavy atom. The highest BCUT2D eigenvalue weighted by molar-refractivity contribution is 6.33. The third-order valence-corrected chi connectivity index (χ3v) is 13.0. The number of carbonyl (C=O) groups is 7. The van der Waals surface area contributed by atoms with Crippen molar-refractivity contribution in [2.45, 2.75) is 164 Å². The molecule has 1 aliphatic carbocycles. The van der Waals surface area contributed by atoms with Gasteiger partial charge in [-0.15, -0.1) is 0 Å². The molecule has 0 bridgehead atoms. The number of halogens is 1. The molecule has 1 saturated carbocycles. The summed E-state index contributed by atoms with van der Waals surface area (Å²) in [4.78, 5) is 110. The smallest absolute Gasteiger partial charge is 0.341 e. The van der Waals surface area contributed by atoms with Gasteiger partial charge in [0, 0.05) is 70.2 Å². The zero-order chi connectivity index (χ0) is 68.8. The molecule has 0 saturated heterocycles. The van der Waals surface area contributed by atoms with Crippen molar-refractivity contribution in [3.8, 4) is 5.75 Å². The highest BCUT2D eigenvalue weighted by Crippen LogP contribution is 2.43. The van der Waals surface area contributed by atoms with Gasteiger partial charge >= 0.3 is 5.97 Å². The topological polar surface area (TPSA) is 300 Å². The summed E-state index contributed by atoms with van der Waals surface area (Å²) in [6.07, 6.45) is 6.49. The molecule has 6 N–H and O–H groups in total. The van der Waals surface area contributed by atoms with Crippen LogP contribution >= 0.6 is 11.6 Å². The van der Waals surface area contributed by atoms with Gasteiger partial charge in [-0.25, -0.2) is 34.7 Å². The number of ether oxygens (including phenoxy) is 2. The number of hydrogen-bond donors (Lipinski definition) is 6. The molecular formula is C68H96ClN13O9. The predicted octanol–water partition coefficient (Wildman–Crippen LogP) is 13.6. The van der Waals surface area contributed by atoms with Gasteiger partial charge in [-0.3, -0.25) is 33.8 Å². The third kappa shape index (κ3) is 29.2. The maximum Gasteiger partial charge on any atom is 0.341 e. The molecule has 6 amide bonds. The lowest BCUT2D eigenvalue weighted by atomic mass is 10.1. The van der Waals surface area contributed by atoms with Gasteiger partial charge in [-0.2, -0.15) is 0 Å². The molecule has 6 aromatic heterocycles. The number of methoxy groups -OCH3 is 1. The summed E-state index contributed by atoms with van der Waals surface area (Å²) in [5.74, 6) is 3.17. The van der Waals surface area contributed by atoms with Crippen LogP contribution in [0, 0.1) is 77.0 Å². The summed E-state index contributed by atoms with van der Waals surface area (Å²) >= 11 is 5.87. The van der Waals surface area contributed by atoms with E-state index in [1.807, 2.05) is 141 Å². The van der Waals surface area contributed by atoms with Crippen LogP contribution < -0.4 is 36.6 Å². The molecule has 494 valence electrons. The summed E-state index contributed by atoms with van der Waals surface area (Å²) < 4.78 is 10.0. The molecule has 0 aromatic carbocycles. The Morgan fingerprint density at radius 2 is 0.835 bits per heavy atom. The van der Waals surface area contributed by atoms with Crippen molar-refractivity contribution < 1.29 is 43.0 Å². The van der Waals surface area contributed by atoms with Crippen molar-refractivity contribution in [3.05, 3.63) is 129 Å². The van der Waals surface area contributed by atoms with Crippen LogP contribution in [0.15, 0.2) is 73.1 Å². The maximum atomic E-state index is 11.7. The predicted molar refractivity (Wildman–Crippen MR) is 361 cm³/mol. The fraction of sp³-hybridized carbons (Fsp3) is 0.471. The summed E-state index contributed by atoms with van der Waals surface area (Å²) in [5.41, 5.74) is 7.59. The SMILES string of the molecule is CCOc1ccc(C)nc1NC(=O)C(C)C.CCc1ccc(C)nc1NC(=O)C(C)C.COC(=O)c1ccc(C)nc1NC(=O)C(C)C.Cc1ccc(C2CC2)c(NC(=O)C(C)C)n1.Cc1ccc(Cl)c(NC(=O)C(C)C)n1.Cc1cncc(NC(=O)C(C)C)n1. The first-order valence-electron chi connectivity index (χ1n) is 30.6. The number of nitrogens with zero attached hydrogens (tertiary/aromatic N) is 7. The molecule has 1 aliphatic rings. The maximum absolute atomic E-state index is 11.7. The van der Waals surface area contributed by atoms with Crippen LogP contribution in [-0.4, -0.2) is 90.0 Å². The number of carbonyl (C=O) groups excluding carboxylic acids is 7. The Hall–Kier alpha value is -8.79. The van der Waals surface area contributed by atoms with Crippen LogP contribution in [0.3, 0.4) is 0 Å². The van der Waals surface area contributed by atoms with Gasteiger partial charge in [0.15, 0.2) is 23.2 Å². The van der Waals surface area contributed by atoms with Gasteiger partial charge < -0.3 is 41.4 Å². The molecule has 0 aliphatic heterocycles. The summed E-state index contributed by atoms with van der Waals surface area (Å²) in [6.45, 7) is 37.7. The highest BCUT2D eigenvalue weighted by Gasteiger charge is 2.28. The first-order chi connectivity index (χ1) is 42.7. The second-order valence-corrected chi connectivity index (χ2v) is 23.7. The zero-order valence-electron chi connectivity index (χ0n) is 57.0. The number of aromatic nitrogens is 7. The standard InChI is InChI=1S/C13H18N2O.C12H16N2O3.C12H18N2O2.C12H18N2O.C10H13ClN2O.C9H13N3O/c1-8(2)13(16)15-12-11(10-5-6-10)7-4-9(3)14-12;1-7(2)11(15)14-10-9(12(16)17-4)6-5-8(3)13-10;1-5-16-10-7-6-9(4)13-11(10)14-12(15)8(2)3;1-5-10-7-6-9(4)13-11(10)14-12(15)8(2)3;1-6(2)10(14)13-9-8(11)5-4-7(3)12-9;1-6(2)9(13)12-8-5-10-4-7(3)11-8/h4,7-8,10H,5-6H2,1-3H3,(H,14,15,16);5-7H,1-4H3,(H,13,14,15);6-8H,5H2,1-4H3,(H,13,14,15);6-8H,5H2,1-4H3,(H,13,14,15);4-6H,1-3H3,(H,12,13,14);4-6H,1-3H3,(H,11,12,13). The van der Waals surface area contributed by atoms with Crippen molar-refractivity contribution in [2.75, 3.05) is 45.6 Å². The van der Waals surface area contributed by atoms with Gasteiger partial charge in [0.05, 0.1) is 30.6 Å². The Balaban J connectivity index is 0.000000373. The molecule has 0 spiro atoms. The van der Waals surface area contributed by atoms with E-state index in [9.17, 15) is 33.6 Å². The molecule has 7 rings (SSSR count). The van der Waals surface area contributed by atoms with Crippen LogP contribution in [0.5, 0.6) is 5.75 Å². The molecular weight excluding hydrogens is 1180 g/mol. The van der Waals surface area contributed by atoms with Gasteiger partial charge in [0.25, 0.3) is 0 Å². The van der Waals surface area contributed by atoms with Crippen LogP contribution in [0.4, 0.5) is 34.9 Å². The third-order valence-electron chi connectivity index (χ3n) is 12.7. The summed E-state index contributed by atoms with van der Waals surface area (Å²) in [7, 11) is 1.29. The van der Waals surface area contributed by atoms with Crippen molar-refractivity contribution in [2.24, 2.45) is 35.5 Å². The van der Waals surface area contributed by atoms with Gasteiger partial charge in [0.2, 0.25) is 35.4 Å². The minimum absolute atomic E-state index is 0.00522. The first kappa shape index (κ1) is 78.3. The number of aryl methyl sites for hydroxylation is 7. The molecule has 1 fully saturated rings. The van der Waals surface area contributed by atoms with E-state index < -0.39 is 5.97 Å². The van der Waals surface area contributed by atoms with Gasteiger partial charge in [0.1, 0.15) is 23.0 Å². The molecule has 6 aromatic rings. The van der Waals surface area contributed by atoms with Crippen LogP contribution in [0.2, 0.25) is 5.02 Å². The highest BCUT2D eigenvalue weighted by atomic mass is 35.5. The molecule has 0 atom stereocenters. The van der Waals surface area contributed by atoms with Crippen molar-refractivity contribution in [3.63, 3.8) is 0 Å². The Morgan fingerprint density at radius 1 is 0.451 bits per heavy atom. The Labute approximate surface area is 542 Å². The van der Waals surface area contributed by atoms with Crippen LogP contribution in [0.25, 0.3) is 0 Å². The number of amides is 6. The lowest BCUT2D eigenvalue weighted by Crippen LogP contribution is -2.21. The zero-order valence-corrected chi connectivity index (χ0v) is 57.7. The lowest BCUT2D eigenvalue weighted by Gasteiger charge is -2.12. The second-order valence-electron chi connectivity index (χ2n) is 23.2. The average Bonchev–Trinajstić information content (AvgIpc) is 2.19. The first-order valence-corrected chi connectivity index (χ1v) is 31.0. The van der Waals surface area contributed by atoms with Crippen molar-refractivity contribution in [1.82, 2.24) is 34.9 Å². The monoisotopic (exact) mass is 1270 g/mol. The number of hydrogen-bond acceptors (Lipinski definition) is 16. The van der Waals surface area contributed by atoms with E-state index in [4.69, 9.17) is 16.3 Å². The quantitative estimate of drug-likeness (QED) is 0.0463. The molecule has 22 nitrogen and oxygen atoms in total. The van der Waals surface area contributed by atoms with E-state index in [1.165, 1.54) is 31.7 Å². The average molecular weight is 1280 g/mol. The summed E-state index contributed by atoms with van der Waals surface area (Å²) in [6, 6.07) is 18.6. The fourth-order valence-corrected chi connectivity index (χ4v) is 7.08. The van der Waals surface area contributed by atoms with Gasteiger partial charge in [-0.1, -0.05) is 114 Å². The fourth-order valence-electron chi connectivity index (χ4n) is 6.93.